The van der Waals surface area contributed by atoms with Crippen molar-refractivity contribution in [1.29, 1.82) is 0 Å². The molecule has 80 valence electrons. The normalized spacial score (nSPS) is 23.1. The molecule has 1 atom stereocenters. The van der Waals surface area contributed by atoms with Gasteiger partial charge in [0.2, 0.25) is 0 Å². The van der Waals surface area contributed by atoms with Crippen LogP contribution in [0.4, 0.5) is 0 Å². The number of hydrogen-bond donors (Lipinski definition) is 1. The summed E-state index contributed by atoms with van der Waals surface area (Å²) >= 11 is 0. The Morgan fingerprint density at radius 3 is 2.69 bits per heavy atom. The minimum absolute atomic E-state index is 0.405. The average Bonchev–Trinajstić information content (AvgIpc) is 2.71. The molecule has 0 aliphatic heterocycles. The first-order valence-electron chi connectivity index (χ1n) is 5.43. The zero-order valence-electron chi connectivity index (χ0n) is 8.93. The molecule has 16 heavy (non-hydrogen) atoms. The van der Waals surface area contributed by atoms with Gasteiger partial charge in [-0.05, 0) is 24.0 Å². The fourth-order valence-corrected chi connectivity index (χ4v) is 2.47. The predicted octanol–water partition coefficient (Wildman–Crippen LogP) is 1.63. The molecule has 1 unspecified atom stereocenters. The molecule has 3 heteroatoms. The summed E-state index contributed by atoms with van der Waals surface area (Å²) in [7, 11) is 0. The number of nitrogens with two attached hydrogens (primary N) is 1. The summed E-state index contributed by atoms with van der Waals surface area (Å²) in [5.41, 5.74) is 9.66. The van der Waals surface area contributed by atoms with Crippen molar-refractivity contribution in [1.82, 2.24) is 9.97 Å². The van der Waals surface area contributed by atoms with Gasteiger partial charge in [-0.15, -0.1) is 0 Å². The fourth-order valence-electron chi connectivity index (χ4n) is 2.47. The molecule has 1 aliphatic rings. The Morgan fingerprint density at radius 1 is 1.12 bits per heavy atom. The summed E-state index contributed by atoms with van der Waals surface area (Å²) in [6.07, 6.45) is 7.12. The van der Waals surface area contributed by atoms with Gasteiger partial charge in [0.05, 0.1) is 5.54 Å². The highest BCUT2D eigenvalue weighted by atomic mass is 14.8. The quantitative estimate of drug-likeness (QED) is 0.780. The smallest absolute Gasteiger partial charge is 0.115 e. The molecule has 0 bridgehead atoms. The Hall–Kier alpha value is -1.74. The first-order chi connectivity index (χ1) is 7.81. The Labute approximate surface area is 94.4 Å². The third-order valence-corrected chi connectivity index (χ3v) is 3.36. The third kappa shape index (κ3) is 1.25. The van der Waals surface area contributed by atoms with Gasteiger partial charge in [-0.3, -0.25) is 0 Å². The number of rotatable bonds is 1. The van der Waals surface area contributed by atoms with Crippen LogP contribution in [0, 0.1) is 0 Å². The van der Waals surface area contributed by atoms with Gasteiger partial charge in [-0.1, -0.05) is 24.3 Å². The van der Waals surface area contributed by atoms with Crippen molar-refractivity contribution >= 4 is 0 Å². The van der Waals surface area contributed by atoms with Crippen LogP contribution in [0.1, 0.15) is 23.1 Å². The molecule has 0 fully saturated rings. The molecule has 0 spiro atoms. The van der Waals surface area contributed by atoms with E-state index in [1.807, 2.05) is 18.5 Å². The molecule has 3 nitrogen and oxygen atoms in total. The van der Waals surface area contributed by atoms with E-state index in [1.54, 1.807) is 0 Å². The minimum atomic E-state index is -0.405. The first kappa shape index (κ1) is 9.48. The molecular weight excluding hydrogens is 198 g/mol. The van der Waals surface area contributed by atoms with Gasteiger partial charge in [-0.2, -0.15) is 0 Å². The molecule has 0 radical (unpaired) electrons. The van der Waals surface area contributed by atoms with Gasteiger partial charge in [-0.25, -0.2) is 9.97 Å². The highest BCUT2D eigenvalue weighted by Crippen LogP contribution is 2.39. The van der Waals surface area contributed by atoms with Crippen LogP contribution in [0.2, 0.25) is 0 Å². The van der Waals surface area contributed by atoms with Crippen LogP contribution in [-0.2, 0) is 12.0 Å². The molecule has 1 aromatic heterocycles. The standard InChI is InChI=1S/C13H13N3/c14-13(11-7-15-9-16-8-11)6-5-10-3-1-2-4-12(10)13/h1-4,7-9H,5-6,14H2. The maximum atomic E-state index is 6.51. The summed E-state index contributed by atoms with van der Waals surface area (Å²) in [6, 6.07) is 8.35. The van der Waals surface area contributed by atoms with E-state index in [4.69, 9.17) is 5.73 Å². The van der Waals surface area contributed by atoms with Crippen LogP contribution in [0.3, 0.4) is 0 Å². The Bertz CT molecular complexity index is 510. The average molecular weight is 211 g/mol. The summed E-state index contributed by atoms with van der Waals surface area (Å²) in [5.74, 6) is 0. The number of aryl methyl sites for hydroxylation is 1. The topological polar surface area (TPSA) is 51.8 Å². The van der Waals surface area contributed by atoms with Gasteiger partial charge < -0.3 is 5.73 Å². The molecule has 1 aromatic carbocycles. The highest BCUT2D eigenvalue weighted by Gasteiger charge is 2.36. The summed E-state index contributed by atoms with van der Waals surface area (Å²) in [5, 5.41) is 0. The lowest BCUT2D eigenvalue weighted by molar-refractivity contribution is 0.530. The second-order valence-corrected chi connectivity index (χ2v) is 4.26. The van der Waals surface area contributed by atoms with Crippen LogP contribution in [0.5, 0.6) is 0 Å². The molecular formula is C13H13N3. The van der Waals surface area contributed by atoms with Crippen molar-refractivity contribution in [2.75, 3.05) is 0 Å². The molecule has 0 saturated carbocycles. The zero-order valence-corrected chi connectivity index (χ0v) is 8.93. The second-order valence-electron chi connectivity index (χ2n) is 4.26. The summed E-state index contributed by atoms with van der Waals surface area (Å²) < 4.78 is 0. The van der Waals surface area contributed by atoms with E-state index in [9.17, 15) is 0 Å². The molecule has 0 saturated heterocycles. The summed E-state index contributed by atoms with van der Waals surface area (Å²) in [4.78, 5) is 8.11. The van der Waals surface area contributed by atoms with Gasteiger partial charge >= 0.3 is 0 Å². The minimum Gasteiger partial charge on any atom is -0.318 e. The number of benzene rings is 1. The first-order valence-corrected chi connectivity index (χ1v) is 5.43. The molecule has 3 rings (SSSR count). The van der Waals surface area contributed by atoms with Gasteiger partial charge in [0.15, 0.2) is 0 Å². The maximum Gasteiger partial charge on any atom is 0.115 e. The van der Waals surface area contributed by atoms with Crippen LogP contribution in [0.25, 0.3) is 0 Å². The van der Waals surface area contributed by atoms with Crippen LogP contribution >= 0.6 is 0 Å². The largest absolute Gasteiger partial charge is 0.318 e. The van der Waals surface area contributed by atoms with Crippen molar-refractivity contribution < 1.29 is 0 Å². The number of nitrogens with zero attached hydrogens (tertiary/aromatic N) is 2. The highest BCUT2D eigenvalue weighted by molar-refractivity contribution is 5.45. The van der Waals surface area contributed by atoms with Crippen molar-refractivity contribution in [2.45, 2.75) is 18.4 Å². The van der Waals surface area contributed by atoms with Crippen molar-refractivity contribution in [3.63, 3.8) is 0 Å². The lowest BCUT2D eigenvalue weighted by Gasteiger charge is -2.25. The van der Waals surface area contributed by atoms with Crippen LogP contribution < -0.4 is 5.73 Å². The van der Waals surface area contributed by atoms with Crippen molar-refractivity contribution in [3.8, 4) is 0 Å². The molecule has 0 amide bonds. The van der Waals surface area contributed by atoms with E-state index < -0.39 is 5.54 Å². The van der Waals surface area contributed by atoms with E-state index in [2.05, 4.69) is 28.2 Å². The Kier molecular flexibility index (Phi) is 2.01. The monoisotopic (exact) mass is 211 g/mol. The Balaban J connectivity index is 2.15. The van der Waals surface area contributed by atoms with Gasteiger partial charge in [0.25, 0.3) is 0 Å². The van der Waals surface area contributed by atoms with Crippen LogP contribution in [0.15, 0.2) is 43.0 Å². The van der Waals surface area contributed by atoms with E-state index in [1.165, 1.54) is 17.5 Å². The number of fused-ring (bicyclic) bond motifs is 1. The number of hydrogen-bond acceptors (Lipinski definition) is 3. The van der Waals surface area contributed by atoms with E-state index in [0.717, 1.165) is 18.4 Å². The van der Waals surface area contributed by atoms with E-state index >= 15 is 0 Å². The van der Waals surface area contributed by atoms with E-state index in [0.29, 0.717) is 0 Å². The summed E-state index contributed by atoms with van der Waals surface area (Å²) in [6.45, 7) is 0. The Morgan fingerprint density at radius 2 is 1.88 bits per heavy atom. The predicted molar refractivity (Wildman–Crippen MR) is 61.8 cm³/mol. The van der Waals surface area contributed by atoms with E-state index in [-0.39, 0.29) is 0 Å². The fraction of sp³-hybridized carbons (Fsp3) is 0.231. The SMILES string of the molecule is NC1(c2cncnc2)CCc2ccccc21. The molecule has 2 aromatic rings. The van der Waals surface area contributed by atoms with Gasteiger partial charge in [0, 0.05) is 18.0 Å². The van der Waals surface area contributed by atoms with Crippen molar-refractivity contribution in [2.24, 2.45) is 5.73 Å². The zero-order chi connectivity index (χ0) is 11.0. The lowest BCUT2D eigenvalue weighted by atomic mass is 9.87. The number of aromatic nitrogens is 2. The maximum absolute atomic E-state index is 6.51. The third-order valence-electron chi connectivity index (χ3n) is 3.36. The lowest BCUT2D eigenvalue weighted by Crippen LogP contribution is -2.35. The van der Waals surface area contributed by atoms with Crippen molar-refractivity contribution in [3.05, 3.63) is 59.7 Å². The second kappa shape index (κ2) is 3.39. The molecule has 2 N–H and O–H groups in total. The molecule has 1 heterocycles. The van der Waals surface area contributed by atoms with Gasteiger partial charge in [0.1, 0.15) is 6.33 Å². The van der Waals surface area contributed by atoms with Crippen LogP contribution in [-0.4, -0.2) is 9.97 Å². The molecule has 1 aliphatic carbocycles.